The first-order chi connectivity index (χ1) is 18.0. The minimum atomic E-state index is -0.911. The van der Waals surface area contributed by atoms with Gasteiger partial charge < -0.3 is 10.4 Å². The van der Waals surface area contributed by atoms with Crippen LogP contribution >= 0.6 is 11.3 Å². The van der Waals surface area contributed by atoms with Crippen molar-refractivity contribution in [1.29, 1.82) is 0 Å². The van der Waals surface area contributed by atoms with E-state index in [9.17, 15) is 14.7 Å². The lowest BCUT2D eigenvalue weighted by molar-refractivity contribution is 0.0696. The standard InChI is InChI=1S/C31H30N2O3S/c34-30(25-12-10-23(11-13-25)22-6-2-1-3-7-22)32-27-16-14-24(15-17-27)28-20-37-29(33-28)18-9-21-5-4-8-26(19-21)31(35)36/h4-5,8,10-17,19-20,22H,1-3,6-7,9,18H2,(H,32,34)(H,35,36). The van der Waals surface area contributed by atoms with Gasteiger partial charge in [-0.25, -0.2) is 9.78 Å². The third-order valence-corrected chi connectivity index (χ3v) is 7.95. The summed E-state index contributed by atoms with van der Waals surface area (Å²) < 4.78 is 0. The van der Waals surface area contributed by atoms with Crippen LogP contribution in [-0.4, -0.2) is 22.0 Å². The van der Waals surface area contributed by atoms with Crippen molar-refractivity contribution in [2.45, 2.75) is 50.9 Å². The van der Waals surface area contributed by atoms with Gasteiger partial charge in [0.25, 0.3) is 5.91 Å². The van der Waals surface area contributed by atoms with Gasteiger partial charge in [0.15, 0.2) is 0 Å². The quantitative estimate of drug-likeness (QED) is 0.256. The molecule has 3 aromatic carbocycles. The van der Waals surface area contributed by atoms with E-state index in [2.05, 4.69) is 17.4 Å². The highest BCUT2D eigenvalue weighted by atomic mass is 32.1. The molecule has 0 aliphatic heterocycles. The number of aryl methyl sites for hydroxylation is 2. The number of amides is 1. The predicted molar refractivity (Wildman–Crippen MR) is 149 cm³/mol. The van der Waals surface area contributed by atoms with Crippen LogP contribution in [0.5, 0.6) is 0 Å². The lowest BCUT2D eigenvalue weighted by Crippen LogP contribution is -2.12. The Balaban J connectivity index is 1.17. The zero-order valence-electron chi connectivity index (χ0n) is 20.7. The van der Waals surface area contributed by atoms with E-state index in [0.29, 0.717) is 17.0 Å². The molecule has 0 atom stereocenters. The van der Waals surface area contributed by atoms with Crippen LogP contribution in [0.4, 0.5) is 5.69 Å². The van der Waals surface area contributed by atoms with Crippen molar-refractivity contribution in [2.75, 3.05) is 5.32 Å². The van der Waals surface area contributed by atoms with E-state index in [1.807, 2.05) is 47.8 Å². The first-order valence-corrected chi connectivity index (χ1v) is 13.7. The maximum atomic E-state index is 12.8. The Morgan fingerprint density at radius 3 is 2.38 bits per heavy atom. The van der Waals surface area contributed by atoms with Crippen LogP contribution in [-0.2, 0) is 12.8 Å². The normalized spacial score (nSPS) is 13.8. The monoisotopic (exact) mass is 510 g/mol. The Labute approximate surface area is 221 Å². The van der Waals surface area contributed by atoms with Gasteiger partial charge in [-0.2, -0.15) is 0 Å². The second-order valence-electron chi connectivity index (χ2n) is 9.62. The molecule has 0 radical (unpaired) electrons. The Morgan fingerprint density at radius 2 is 1.65 bits per heavy atom. The van der Waals surface area contributed by atoms with E-state index < -0.39 is 5.97 Å². The smallest absolute Gasteiger partial charge is 0.335 e. The number of carboxylic acids is 1. The van der Waals surface area contributed by atoms with Crippen LogP contribution in [0, 0.1) is 0 Å². The highest BCUT2D eigenvalue weighted by Crippen LogP contribution is 2.32. The van der Waals surface area contributed by atoms with Crippen molar-refractivity contribution in [1.82, 2.24) is 4.98 Å². The molecule has 5 nitrogen and oxygen atoms in total. The lowest BCUT2D eigenvalue weighted by Gasteiger charge is -2.22. The third kappa shape index (κ3) is 6.33. The second-order valence-corrected chi connectivity index (χ2v) is 10.6. The first-order valence-electron chi connectivity index (χ1n) is 12.8. The number of benzene rings is 3. The summed E-state index contributed by atoms with van der Waals surface area (Å²) in [5.74, 6) is -0.385. The predicted octanol–water partition coefficient (Wildman–Crippen LogP) is 7.59. The van der Waals surface area contributed by atoms with E-state index in [0.717, 1.165) is 40.4 Å². The summed E-state index contributed by atoms with van der Waals surface area (Å²) in [6.07, 6.45) is 7.92. The van der Waals surface area contributed by atoms with Gasteiger partial charge >= 0.3 is 5.97 Å². The van der Waals surface area contributed by atoms with Gasteiger partial charge in [0.2, 0.25) is 0 Å². The number of nitrogens with one attached hydrogen (secondary N) is 1. The molecule has 5 rings (SSSR count). The molecule has 1 aliphatic rings. The number of aromatic carboxylic acids is 1. The number of hydrogen-bond donors (Lipinski definition) is 2. The Kier molecular flexibility index (Phi) is 7.76. The van der Waals surface area contributed by atoms with Crippen molar-refractivity contribution in [2.24, 2.45) is 0 Å². The summed E-state index contributed by atoms with van der Waals surface area (Å²) in [5.41, 5.74) is 5.94. The highest BCUT2D eigenvalue weighted by Gasteiger charge is 2.16. The number of anilines is 1. The van der Waals surface area contributed by atoms with Gasteiger partial charge in [0.1, 0.15) is 0 Å². The average molecular weight is 511 g/mol. The molecule has 188 valence electrons. The molecule has 2 N–H and O–H groups in total. The van der Waals surface area contributed by atoms with Crippen molar-refractivity contribution >= 4 is 28.9 Å². The number of carbonyl (C=O) groups excluding carboxylic acids is 1. The minimum absolute atomic E-state index is 0.106. The highest BCUT2D eigenvalue weighted by molar-refractivity contribution is 7.09. The molecule has 6 heteroatoms. The second kappa shape index (κ2) is 11.5. The summed E-state index contributed by atoms with van der Waals surface area (Å²) in [6, 6.07) is 22.9. The van der Waals surface area contributed by atoms with E-state index in [1.54, 1.807) is 29.5 Å². The van der Waals surface area contributed by atoms with E-state index in [1.165, 1.54) is 37.7 Å². The molecule has 1 aromatic heterocycles. The largest absolute Gasteiger partial charge is 0.478 e. The fraction of sp³-hybridized carbons (Fsp3) is 0.258. The van der Waals surface area contributed by atoms with Gasteiger partial charge in [0.05, 0.1) is 16.3 Å². The molecule has 1 fully saturated rings. The Hall–Kier alpha value is -3.77. The molecule has 1 aliphatic carbocycles. The van der Waals surface area contributed by atoms with Crippen LogP contribution in [0.15, 0.2) is 78.2 Å². The van der Waals surface area contributed by atoms with Crippen molar-refractivity contribution in [3.8, 4) is 11.3 Å². The van der Waals surface area contributed by atoms with Gasteiger partial charge in [0, 0.05) is 28.6 Å². The number of carboxylic acid groups (broad SMARTS) is 1. The Bertz CT molecular complexity index is 1370. The third-order valence-electron chi connectivity index (χ3n) is 7.04. The Morgan fingerprint density at radius 1 is 0.892 bits per heavy atom. The maximum Gasteiger partial charge on any atom is 0.335 e. The van der Waals surface area contributed by atoms with Gasteiger partial charge in [-0.1, -0.05) is 55.7 Å². The summed E-state index contributed by atoms with van der Waals surface area (Å²) in [4.78, 5) is 28.7. The van der Waals surface area contributed by atoms with Crippen LogP contribution in [0.1, 0.15) is 74.9 Å². The van der Waals surface area contributed by atoms with E-state index >= 15 is 0 Å². The van der Waals surface area contributed by atoms with E-state index in [-0.39, 0.29) is 5.91 Å². The molecule has 1 amide bonds. The zero-order chi connectivity index (χ0) is 25.6. The van der Waals surface area contributed by atoms with Gasteiger partial charge in [-0.3, -0.25) is 4.79 Å². The molecule has 4 aromatic rings. The summed E-state index contributed by atoms with van der Waals surface area (Å²) in [6.45, 7) is 0. The first kappa shape index (κ1) is 24.9. The fourth-order valence-corrected chi connectivity index (χ4v) is 5.75. The minimum Gasteiger partial charge on any atom is -0.478 e. The topological polar surface area (TPSA) is 79.3 Å². The molecule has 1 saturated carbocycles. The molecule has 37 heavy (non-hydrogen) atoms. The SMILES string of the molecule is O=C(O)c1cccc(CCc2nc(-c3ccc(NC(=O)c4ccc(C5CCCCC5)cc4)cc3)cs2)c1. The zero-order valence-corrected chi connectivity index (χ0v) is 21.5. The number of nitrogens with zero attached hydrogens (tertiary/aromatic N) is 1. The number of rotatable bonds is 8. The van der Waals surface area contributed by atoms with Crippen LogP contribution < -0.4 is 5.32 Å². The lowest BCUT2D eigenvalue weighted by atomic mass is 9.84. The maximum absolute atomic E-state index is 12.8. The van der Waals surface area contributed by atoms with Crippen molar-refractivity contribution in [3.63, 3.8) is 0 Å². The van der Waals surface area contributed by atoms with Gasteiger partial charge in [-0.15, -0.1) is 11.3 Å². The van der Waals surface area contributed by atoms with E-state index in [4.69, 9.17) is 4.98 Å². The molecule has 0 spiro atoms. The molecule has 0 bridgehead atoms. The van der Waals surface area contributed by atoms with Crippen molar-refractivity contribution < 1.29 is 14.7 Å². The summed E-state index contributed by atoms with van der Waals surface area (Å²) in [7, 11) is 0. The molecular weight excluding hydrogens is 480 g/mol. The number of aromatic nitrogens is 1. The van der Waals surface area contributed by atoms with Gasteiger partial charge in [-0.05, 0) is 72.7 Å². The summed E-state index contributed by atoms with van der Waals surface area (Å²) in [5, 5.41) is 15.2. The fourth-order valence-electron chi connectivity index (χ4n) is 4.94. The molecule has 1 heterocycles. The van der Waals surface area contributed by atoms with Crippen LogP contribution in [0.3, 0.4) is 0 Å². The van der Waals surface area contributed by atoms with Crippen molar-refractivity contribution in [3.05, 3.63) is 105 Å². The molecule has 0 saturated heterocycles. The van der Waals surface area contributed by atoms with Crippen LogP contribution in [0.25, 0.3) is 11.3 Å². The molecular formula is C31H30N2O3S. The average Bonchev–Trinajstić information content (AvgIpc) is 3.42. The number of thiazole rings is 1. The van der Waals surface area contributed by atoms with Crippen LogP contribution in [0.2, 0.25) is 0 Å². The molecule has 0 unspecified atom stereocenters. The number of carbonyl (C=O) groups is 2. The summed E-state index contributed by atoms with van der Waals surface area (Å²) >= 11 is 1.60. The number of hydrogen-bond acceptors (Lipinski definition) is 4.